The summed E-state index contributed by atoms with van der Waals surface area (Å²) < 4.78 is 0. The SMILES string of the molecule is CONCC(O)c1ccc(C#N)cc1. The van der Waals surface area contributed by atoms with Gasteiger partial charge in [0, 0.05) is 0 Å². The molecule has 1 unspecified atom stereocenters. The molecule has 0 saturated carbocycles. The van der Waals surface area contributed by atoms with Crippen LogP contribution in [0.1, 0.15) is 17.2 Å². The first-order valence-corrected chi connectivity index (χ1v) is 4.22. The van der Waals surface area contributed by atoms with E-state index in [9.17, 15) is 5.11 Å². The number of aliphatic hydroxyl groups is 1. The molecule has 4 heteroatoms. The molecule has 1 aromatic rings. The van der Waals surface area contributed by atoms with E-state index in [-0.39, 0.29) is 0 Å². The Morgan fingerprint density at radius 2 is 2.14 bits per heavy atom. The highest BCUT2D eigenvalue weighted by Crippen LogP contribution is 2.12. The molecule has 0 aromatic heterocycles. The van der Waals surface area contributed by atoms with Gasteiger partial charge in [-0.25, -0.2) is 0 Å². The van der Waals surface area contributed by atoms with Crippen molar-refractivity contribution < 1.29 is 9.94 Å². The van der Waals surface area contributed by atoms with E-state index >= 15 is 0 Å². The Labute approximate surface area is 82.7 Å². The minimum atomic E-state index is -0.623. The van der Waals surface area contributed by atoms with Gasteiger partial charge in [-0.05, 0) is 17.7 Å². The van der Waals surface area contributed by atoms with Crippen molar-refractivity contribution in [2.45, 2.75) is 6.10 Å². The average molecular weight is 192 g/mol. The molecule has 14 heavy (non-hydrogen) atoms. The van der Waals surface area contributed by atoms with Gasteiger partial charge in [-0.15, -0.1) is 0 Å². The van der Waals surface area contributed by atoms with Gasteiger partial charge in [0.05, 0.1) is 31.4 Å². The second-order valence-corrected chi connectivity index (χ2v) is 2.80. The Morgan fingerprint density at radius 3 is 2.64 bits per heavy atom. The molecule has 4 nitrogen and oxygen atoms in total. The van der Waals surface area contributed by atoms with Crippen molar-refractivity contribution in [3.05, 3.63) is 35.4 Å². The van der Waals surface area contributed by atoms with Gasteiger partial charge >= 0.3 is 0 Å². The molecular weight excluding hydrogens is 180 g/mol. The predicted molar refractivity (Wildman–Crippen MR) is 51.1 cm³/mol. The summed E-state index contributed by atoms with van der Waals surface area (Å²) in [7, 11) is 1.49. The van der Waals surface area contributed by atoms with Gasteiger partial charge in [0.25, 0.3) is 0 Å². The van der Waals surface area contributed by atoms with Crippen LogP contribution < -0.4 is 5.48 Å². The highest BCUT2D eigenvalue weighted by molar-refractivity contribution is 5.32. The minimum Gasteiger partial charge on any atom is -0.387 e. The van der Waals surface area contributed by atoms with Crippen molar-refractivity contribution in [1.29, 1.82) is 5.26 Å². The van der Waals surface area contributed by atoms with E-state index in [1.165, 1.54) is 7.11 Å². The fraction of sp³-hybridized carbons (Fsp3) is 0.300. The fourth-order valence-corrected chi connectivity index (χ4v) is 1.06. The largest absolute Gasteiger partial charge is 0.387 e. The summed E-state index contributed by atoms with van der Waals surface area (Å²) in [6, 6.07) is 8.80. The first-order chi connectivity index (χ1) is 6.77. The van der Waals surface area contributed by atoms with Crippen LogP contribution in [0, 0.1) is 11.3 Å². The van der Waals surface area contributed by atoms with E-state index in [2.05, 4.69) is 10.3 Å². The lowest BCUT2D eigenvalue weighted by atomic mass is 10.1. The second-order valence-electron chi connectivity index (χ2n) is 2.80. The maximum absolute atomic E-state index is 9.59. The zero-order valence-corrected chi connectivity index (χ0v) is 7.90. The van der Waals surface area contributed by atoms with Gasteiger partial charge in [-0.3, -0.25) is 0 Å². The maximum Gasteiger partial charge on any atom is 0.0991 e. The van der Waals surface area contributed by atoms with E-state index in [0.29, 0.717) is 12.1 Å². The quantitative estimate of drug-likeness (QED) is 0.691. The van der Waals surface area contributed by atoms with Crippen LogP contribution in [0.3, 0.4) is 0 Å². The van der Waals surface area contributed by atoms with Crippen molar-refractivity contribution in [3.8, 4) is 6.07 Å². The van der Waals surface area contributed by atoms with Gasteiger partial charge in [-0.2, -0.15) is 10.7 Å². The highest BCUT2D eigenvalue weighted by atomic mass is 16.6. The Kier molecular flexibility index (Phi) is 4.08. The van der Waals surface area contributed by atoms with E-state index < -0.39 is 6.10 Å². The van der Waals surface area contributed by atoms with Gasteiger partial charge < -0.3 is 9.94 Å². The van der Waals surface area contributed by atoms with Crippen LogP contribution in [0.5, 0.6) is 0 Å². The summed E-state index contributed by atoms with van der Waals surface area (Å²) in [5.74, 6) is 0. The van der Waals surface area contributed by atoms with Crippen molar-refractivity contribution in [2.75, 3.05) is 13.7 Å². The Bertz CT molecular complexity index is 316. The third-order valence-electron chi connectivity index (χ3n) is 1.85. The summed E-state index contributed by atoms with van der Waals surface area (Å²) >= 11 is 0. The Hall–Kier alpha value is -1.41. The van der Waals surface area contributed by atoms with E-state index in [1.54, 1.807) is 24.3 Å². The fourth-order valence-electron chi connectivity index (χ4n) is 1.06. The molecule has 74 valence electrons. The number of rotatable bonds is 4. The molecule has 0 amide bonds. The van der Waals surface area contributed by atoms with Crippen LogP contribution in [-0.4, -0.2) is 18.8 Å². The maximum atomic E-state index is 9.59. The zero-order chi connectivity index (χ0) is 10.4. The van der Waals surface area contributed by atoms with Crippen LogP contribution in [-0.2, 0) is 4.84 Å². The molecule has 0 aliphatic carbocycles. The van der Waals surface area contributed by atoms with Crippen molar-refractivity contribution >= 4 is 0 Å². The molecule has 0 fully saturated rings. The summed E-state index contributed by atoms with van der Waals surface area (Å²) in [6.07, 6.45) is -0.623. The number of hydroxylamine groups is 1. The number of aliphatic hydroxyl groups excluding tert-OH is 1. The van der Waals surface area contributed by atoms with Crippen molar-refractivity contribution in [3.63, 3.8) is 0 Å². The van der Waals surface area contributed by atoms with Crippen LogP contribution in [0.4, 0.5) is 0 Å². The second kappa shape index (κ2) is 5.35. The molecule has 1 aromatic carbocycles. The molecule has 0 radical (unpaired) electrons. The van der Waals surface area contributed by atoms with Gasteiger partial charge in [-0.1, -0.05) is 12.1 Å². The summed E-state index contributed by atoms with van der Waals surface area (Å²) in [5.41, 5.74) is 3.90. The average Bonchev–Trinajstić information content (AvgIpc) is 2.26. The lowest BCUT2D eigenvalue weighted by Crippen LogP contribution is -2.20. The van der Waals surface area contributed by atoms with Crippen LogP contribution >= 0.6 is 0 Å². The number of nitrogens with one attached hydrogen (secondary N) is 1. The third kappa shape index (κ3) is 2.82. The molecule has 1 atom stereocenters. The number of hydrogen-bond acceptors (Lipinski definition) is 4. The molecule has 0 saturated heterocycles. The van der Waals surface area contributed by atoms with Gasteiger partial charge in [0.1, 0.15) is 0 Å². The molecular formula is C10H12N2O2. The molecule has 0 heterocycles. The monoisotopic (exact) mass is 192 g/mol. The number of nitriles is 1. The normalized spacial score (nSPS) is 12.1. The van der Waals surface area contributed by atoms with Gasteiger partial charge in [0.2, 0.25) is 0 Å². The molecule has 0 aliphatic heterocycles. The number of hydrogen-bond donors (Lipinski definition) is 2. The molecule has 0 spiro atoms. The van der Waals surface area contributed by atoms with Crippen LogP contribution in [0.2, 0.25) is 0 Å². The zero-order valence-electron chi connectivity index (χ0n) is 7.90. The topological polar surface area (TPSA) is 65.3 Å². The smallest absolute Gasteiger partial charge is 0.0991 e. The molecule has 1 rings (SSSR count). The number of benzene rings is 1. The standard InChI is InChI=1S/C10H12N2O2/c1-14-12-7-10(13)9-4-2-8(6-11)3-5-9/h2-5,10,12-13H,7H2,1H3. The molecule has 0 aliphatic rings. The molecule has 2 N–H and O–H groups in total. The summed E-state index contributed by atoms with van der Waals surface area (Å²) in [4.78, 5) is 4.62. The van der Waals surface area contributed by atoms with Crippen molar-refractivity contribution in [2.24, 2.45) is 0 Å². The van der Waals surface area contributed by atoms with E-state index in [4.69, 9.17) is 5.26 Å². The van der Waals surface area contributed by atoms with Gasteiger partial charge in [0.15, 0.2) is 0 Å². The van der Waals surface area contributed by atoms with Crippen LogP contribution in [0.25, 0.3) is 0 Å². The molecule has 0 bridgehead atoms. The predicted octanol–water partition coefficient (Wildman–Crippen LogP) is 0.743. The first-order valence-electron chi connectivity index (χ1n) is 4.22. The van der Waals surface area contributed by atoms with Crippen LogP contribution in [0.15, 0.2) is 24.3 Å². The highest BCUT2D eigenvalue weighted by Gasteiger charge is 2.06. The first kappa shape index (κ1) is 10.7. The lowest BCUT2D eigenvalue weighted by Gasteiger charge is -2.10. The van der Waals surface area contributed by atoms with E-state index in [1.807, 2.05) is 6.07 Å². The third-order valence-corrected chi connectivity index (χ3v) is 1.85. The lowest BCUT2D eigenvalue weighted by molar-refractivity contribution is 0.0499. The van der Waals surface area contributed by atoms with Crippen molar-refractivity contribution in [1.82, 2.24) is 5.48 Å². The summed E-state index contributed by atoms with van der Waals surface area (Å²) in [5, 5.41) is 18.2. The number of nitrogens with zero attached hydrogens (tertiary/aromatic N) is 1. The minimum absolute atomic E-state index is 0.322. The Balaban J connectivity index is 2.63. The Morgan fingerprint density at radius 1 is 1.50 bits per heavy atom. The summed E-state index contributed by atoms with van der Waals surface area (Å²) in [6.45, 7) is 0.322. The van der Waals surface area contributed by atoms with E-state index in [0.717, 1.165) is 5.56 Å².